The minimum absolute atomic E-state index is 0.0577. The van der Waals surface area contributed by atoms with Crippen LogP contribution < -0.4 is 14.8 Å². The second-order valence-electron chi connectivity index (χ2n) is 9.67. The number of nitriles is 1. The van der Waals surface area contributed by atoms with Gasteiger partial charge in [0.15, 0.2) is 0 Å². The number of ether oxygens (including phenoxy) is 2. The van der Waals surface area contributed by atoms with Crippen molar-refractivity contribution >= 4 is 23.1 Å². The summed E-state index contributed by atoms with van der Waals surface area (Å²) in [5.41, 5.74) is 3.62. The van der Waals surface area contributed by atoms with Crippen LogP contribution in [-0.2, 0) is 17.9 Å². The quantitative estimate of drug-likeness (QED) is 0.297. The number of nitrogens with one attached hydrogen (secondary N) is 1. The van der Waals surface area contributed by atoms with Crippen LogP contribution in [0, 0.1) is 24.2 Å². The Balaban J connectivity index is 1.54. The first kappa shape index (κ1) is 28.8. The molecule has 1 aromatic heterocycles. The molecular weight excluding hydrogens is 530 g/mol. The zero-order valence-corrected chi connectivity index (χ0v) is 23.0. The molecule has 0 spiro atoms. The lowest BCUT2D eigenvalue weighted by Gasteiger charge is -2.35. The minimum Gasteiger partial charge on any atom is -0.489 e. The van der Waals surface area contributed by atoms with Gasteiger partial charge in [-0.1, -0.05) is 54.9 Å². The highest BCUT2D eigenvalue weighted by molar-refractivity contribution is 6.32. The first-order chi connectivity index (χ1) is 19.2. The molecule has 0 saturated carbocycles. The summed E-state index contributed by atoms with van der Waals surface area (Å²) in [5, 5.41) is 32.9. The molecule has 2 atom stereocenters. The number of allylic oxidation sites excluding steroid dienone is 2. The number of aromatic nitrogens is 1. The summed E-state index contributed by atoms with van der Waals surface area (Å²) in [6.45, 7) is 4.00. The summed E-state index contributed by atoms with van der Waals surface area (Å²) >= 11 is 6.56. The number of pyridine rings is 1. The van der Waals surface area contributed by atoms with E-state index in [2.05, 4.69) is 10.3 Å². The van der Waals surface area contributed by atoms with Gasteiger partial charge in [0.25, 0.3) is 0 Å². The third kappa shape index (κ3) is 6.88. The van der Waals surface area contributed by atoms with E-state index in [9.17, 15) is 9.90 Å². The highest BCUT2D eigenvalue weighted by Crippen LogP contribution is 2.39. The number of aryl methyl sites for hydroxylation is 1. The first-order valence-electron chi connectivity index (χ1n) is 12.7. The minimum atomic E-state index is -1.29. The van der Waals surface area contributed by atoms with Crippen LogP contribution in [0.15, 0.2) is 73.1 Å². The maximum atomic E-state index is 11.6. The maximum absolute atomic E-state index is 11.6. The van der Waals surface area contributed by atoms with E-state index in [1.54, 1.807) is 30.5 Å². The number of halogens is 1. The van der Waals surface area contributed by atoms with Crippen molar-refractivity contribution in [1.29, 1.82) is 5.26 Å². The molecule has 2 aromatic carbocycles. The van der Waals surface area contributed by atoms with E-state index < -0.39 is 11.6 Å². The van der Waals surface area contributed by atoms with Crippen molar-refractivity contribution in [1.82, 2.24) is 10.3 Å². The molecule has 8 nitrogen and oxygen atoms in total. The third-order valence-electron chi connectivity index (χ3n) is 6.82. The predicted molar refractivity (Wildman–Crippen MR) is 152 cm³/mol. The Kier molecular flexibility index (Phi) is 9.22. The molecular formula is C31H30ClN3O5. The molecule has 0 aliphatic heterocycles. The lowest BCUT2D eigenvalue weighted by molar-refractivity contribution is -0.136. The van der Waals surface area contributed by atoms with Crippen LogP contribution in [0.3, 0.4) is 0 Å². The number of hydrogen-bond acceptors (Lipinski definition) is 7. The van der Waals surface area contributed by atoms with Crippen LogP contribution in [0.1, 0.15) is 34.7 Å². The second-order valence-corrected chi connectivity index (χ2v) is 10.1. The van der Waals surface area contributed by atoms with Gasteiger partial charge in [-0.2, -0.15) is 5.26 Å². The lowest BCUT2D eigenvalue weighted by Crippen LogP contribution is -2.42. The smallest absolute Gasteiger partial charge is 0.317 e. The lowest BCUT2D eigenvalue weighted by atomic mass is 9.76. The van der Waals surface area contributed by atoms with Crippen LogP contribution in [0.2, 0.25) is 5.02 Å². The third-order valence-corrected chi connectivity index (χ3v) is 7.11. The van der Waals surface area contributed by atoms with E-state index in [0.29, 0.717) is 33.2 Å². The van der Waals surface area contributed by atoms with Crippen molar-refractivity contribution < 1.29 is 24.5 Å². The Hall–Kier alpha value is -4.16. The molecule has 0 fully saturated rings. The van der Waals surface area contributed by atoms with E-state index in [1.165, 1.54) is 6.20 Å². The normalized spacial score (nSPS) is 18.1. The van der Waals surface area contributed by atoms with E-state index >= 15 is 0 Å². The largest absolute Gasteiger partial charge is 0.489 e. The van der Waals surface area contributed by atoms with E-state index in [-0.39, 0.29) is 32.2 Å². The first-order valence-corrected chi connectivity index (χ1v) is 13.1. The van der Waals surface area contributed by atoms with Crippen molar-refractivity contribution in [2.24, 2.45) is 5.92 Å². The topological polar surface area (TPSA) is 125 Å². The van der Waals surface area contributed by atoms with Crippen molar-refractivity contribution in [3.8, 4) is 17.6 Å². The zero-order valence-electron chi connectivity index (χ0n) is 22.2. The Morgan fingerprint density at radius 1 is 1.20 bits per heavy atom. The van der Waals surface area contributed by atoms with Gasteiger partial charge in [0, 0.05) is 42.0 Å². The molecule has 0 radical (unpaired) electrons. The summed E-state index contributed by atoms with van der Waals surface area (Å²) < 4.78 is 12.1. The maximum Gasteiger partial charge on any atom is 0.317 e. The zero-order chi connectivity index (χ0) is 28.7. The van der Waals surface area contributed by atoms with E-state index in [0.717, 1.165) is 16.7 Å². The molecule has 0 bridgehead atoms. The number of carboxylic acid groups (broad SMARTS) is 1. The second kappa shape index (κ2) is 12.8. The SMILES string of the molecule is Cc1ccccc1C1=CC=CC(O)(COc2cc(OCc3cncc(C#N)c3)c(CNCC(=O)O)cc2Cl)C1C. The molecule has 0 amide bonds. The van der Waals surface area contributed by atoms with Gasteiger partial charge in [-0.3, -0.25) is 9.78 Å². The number of rotatable bonds is 11. The highest BCUT2D eigenvalue weighted by Gasteiger charge is 2.37. The fourth-order valence-electron chi connectivity index (χ4n) is 4.51. The summed E-state index contributed by atoms with van der Waals surface area (Å²) in [6, 6.07) is 15.0. The molecule has 1 aliphatic carbocycles. The van der Waals surface area contributed by atoms with E-state index in [4.69, 9.17) is 31.4 Å². The predicted octanol–water partition coefficient (Wildman–Crippen LogP) is 5.07. The van der Waals surface area contributed by atoms with Gasteiger partial charge >= 0.3 is 5.97 Å². The Labute approximate surface area is 238 Å². The summed E-state index contributed by atoms with van der Waals surface area (Å²) in [7, 11) is 0. The van der Waals surface area contributed by atoms with Gasteiger partial charge in [-0.05, 0) is 41.8 Å². The van der Waals surface area contributed by atoms with Gasteiger partial charge in [0.05, 0.1) is 17.1 Å². The molecule has 1 aliphatic rings. The summed E-state index contributed by atoms with van der Waals surface area (Å²) in [4.78, 5) is 15.0. The highest BCUT2D eigenvalue weighted by atomic mass is 35.5. The molecule has 206 valence electrons. The van der Waals surface area contributed by atoms with Crippen molar-refractivity contribution in [2.75, 3.05) is 13.2 Å². The van der Waals surface area contributed by atoms with Gasteiger partial charge in [-0.25, -0.2) is 0 Å². The molecule has 4 rings (SSSR count). The molecule has 2 unspecified atom stereocenters. The van der Waals surface area contributed by atoms with Gasteiger partial charge in [-0.15, -0.1) is 0 Å². The number of hydrogen-bond donors (Lipinski definition) is 3. The number of nitrogens with zero attached hydrogens (tertiary/aromatic N) is 2. The van der Waals surface area contributed by atoms with Gasteiger partial charge in [0.2, 0.25) is 0 Å². The van der Waals surface area contributed by atoms with Crippen LogP contribution in [-0.4, -0.2) is 39.9 Å². The monoisotopic (exact) mass is 559 g/mol. The number of carboxylic acids is 1. The number of benzene rings is 2. The number of aliphatic hydroxyl groups is 1. The average molecular weight is 560 g/mol. The fraction of sp³-hybridized carbons (Fsp3) is 0.258. The van der Waals surface area contributed by atoms with Gasteiger partial charge in [0.1, 0.15) is 36.4 Å². The molecule has 3 N–H and O–H groups in total. The fourth-order valence-corrected chi connectivity index (χ4v) is 4.76. The Bertz CT molecular complexity index is 1500. The van der Waals surface area contributed by atoms with Crippen LogP contribution in [0.5, 0.6) is 11.5 Å². The summed E-state index contributed by atoms with van der Waals surface area (Å²) in [5.74, 6) is -0.523. The molecule has 0 saturated heterocycles. The Morgan fingerprint density at radius 3 is 2.75 bits per heavy atom. The molecule has 9 heteroatoms. The molecule has 1 heterocycles. The van der Waals surface area contributed by atoms with Crippen LogP contribution in [0.4, 0.5) is 0 Å². The molecule has 3 aromatic rings. The standard InChI is InChI=1S/C31H30ClN3O5/c1-20-6-3-4-7-25(20)26-8-5-9-31(38,21(26)2)19-40-29-12-28(24(11-27(29)32)16-35-17-30(36)37)39-18-23-10-22(13-33)14-34-15-23/h3-12,14-15,21,35,38H,16-19H2,1-2H3,(H,36,37). The average Bonchev–Trinajstić information content (AvgIpc) is 2.94. The van der Waals surface area contributed by atoms with Gasteiger partial charge < -0.3 is 25.0 Å². The van der Waals surface area contributed by atoms with Crippen molar-refractivity contribution in [2.45, 2.75) is 32.6 Å². The van der Waals surface area contributed by atoms with Crippen LogP contribution in [0.25, 0.3) is 5.57 Å². The summed E-state index contributed by atoms with van der Waals surface area (Å²) in [6.07, 6.45) is 8.63. The number of aliphatic carboxylic acids is 1. The van der Waals surface area contributed by atoms with E-state index in [1.807, 2.05) is 56.3 Å². The van der Waals surface area contributed by atoms with Crippen molar-refractivity contribution in [3.05, 3.63) is 106 Å². The van der Waals surface area contributed by atoms with Crippen molar-refractivity contribution in [3.63, 3.8) is 0 Å². The number of carbonyl (C=O) groups is 1. The Morgan fingerprint density at radius 2 is 2.00 bits per heavy atom. The van der Waals surface area contributed by atoms with Crippen LogP contribution >= 0.6 is 11.6 Å². The molecule has 40 heavy (non-hydrogen) atoms.